The summed E-state index contributed by atoms with van der Waals surface area (Å²) in [6.45, 7) is 13.5. The van der Waals surface area contributed by atoms with Crippen LogP contribution in [0.15, 0.2) is 90.1 Å². The molecule has 3 aromatic heterocycles. The minimum Gasteiger partial charge on any atom is -0.489 e. The van der Waals surface area contributed by atoms with Crippen LogP contribution >= 0.6 is 0 Å². The number of amides is 2. The number of nitrogens with zero attached hydrogens (tertiary/aromatic N) is 3. The number of fused-ring (bicyclic) bond motifs is 1. The predicted octanol–water partition coefficient (Wildman–Crippen LogP) is 8.97. The zero-order valence-electron chi connectivity index (χ0n) is 27.5. The summed E-state index contributed by atoms with van der Waals surface area (Å²) in [6, 6.07) is 20.8. The highest BCUT2D eigenvalue weighted by atomic mass is 16.5. The fourth-order valence-corrected chi connectivity index (χ4v) is 5.63. The molecule has 8 nitrogen and oxygen atoms in total. The van der Waals surface area contributed by atoms with Crippen molar-refractivity contribution in [3.63, 3.8) is 0 Å². The maximum Gasteiger partial charge on any atom is 0.323 e. The third-order valence-electron chi connectivity index (χ3n) is 8.08. The van der Waals surface area contributed by atoms with Gasteiger partial charge in [-0.3, -0.25) is 14.3 Å². The van der Waals surface area contributed by atoms with E-state index in [0.29, 0.717) is 36.0 Å². The van der Waals surface area contributed by atoms with E-state index in [2.05, 4.69) is 62.1 Å². The van der Waals surface area contributed by atoms with Crippen LogP contribution in [0.4, 0.5) is 16.2 Å². The van der Waals surface area contributed by atoms with Gasteiger partial charge in [0.2, 0.25) is 0 Å². The summed E-state index contributed by atoms with van der Waals surface area (Å²) in [5.74, 6) is 1.40. The fourth-order valence-electron chi connectivity index (χ4n) is 5.63. The second kappa shape index (κ2) is 14.4. The zero-order chi connectivity index (χ0) is 32.8. The third kappa shape index (κ3) is 7.28. The Morgan fingerprint density at radius 1 is 0.826 bits per heavy atom. The van der Waals surface area contributed by atoms with E-state index >= 15 is 0 Å². The van der Waals surface area contributed by atoms with Crippen molar-refractivity contribution < 1.29 is 9.53 Å². The number of aryl methyl sites for hydroxylation is 1. The average molecular weight is 618 g/mol. The SMILES string of the molecule is CC(C)CCn1c(=O)c(NC(=O)Nc2c(C(C)C)cccc2C(C)C)c(-c2cccc(OCc3ccncc3)c2)c2cccnc21. The molecule has 0 radical (unpaired) electrons. The highest BCUT2D eigenvalue weighted by Gasteiger charge is 2.23. The molecule has 0 spiro atoms. The molecule has 0 saturated carbocycles. The van der Waals surface area contributed by atoms with E-state index in [1.807, 2.05) is 66.7 Å². The average Bonchev–Trinajstić information content (AvgIpc) is 3.04. The quantitative estimate of drug-likeness (QED) is 0.154. The van der Waals surface area contributed by atoms with Gasteiger partial charge in [0.25, 0.3) is 5.56 Å². The van der Waals surface area contributed by atoms with Crippen LogP contribution < -0.4 is 20.9 Å². The lowest BCUT2D eigenvalue weighted by Gasteiger charge is -2.22. The van der Waals surface area contributed by atoms with Crippen molar-refractivity contribution in [3.05, 3.63) is 112 Å². The van der Waals surface area contributed by atoms with Crippen molar-refractivity contribution in [1.82, 2.24) is 14.5 Å². The Balaban J connectivity index is 1.62. The van der Waals surface area contributed by atoms with Crippen molar-refractivity contribution in [2.45, 2.75) is 73.0 Å². The maximum absolute atomic E-state index is 14.4. The lowest BCUT2D eigenvalue weighted by Crippen LogP contribution is -2.30. The molecule has 8 heteroatoms. The molecule has 0 saturated heterocycles. The number of hydrogen-bond donors (Lipinski definition) is 2. The number of urea groups is 1. The minimum atomic E-state index is -0.475. The first-order valence-corrected chi connectivity index (χ1v) is 16.0. The summed E-state index contributed by atoms with van der Waals surface area (Å²) in [5.41, 5.74) is 5.64. The van der Waals surface area contributed by atoms with E-state index in [9.17, 15) is 9.59 Å². The minimum absolute atomic E-state index is 0.194. The Morgan fingerprint density at radius 3 is 2.17 bits per heavy atom. The first-order chi connectivity index (χ1) is 22.1. The van der Waals surface area contributed by atoms with Gasteiger partial charge in [0, 0.05) is 41.8 Å². The van der Waals surface area contributed by atoms with Gasteiger partial charge in [-0.2, -0.15) is 0 Å². The molecule has 3 heterocycles. The van der Waals surface area contributed by atoms with E-state index in [0.717, 1.165) is 39.7 Å². The number of rotatable bonds is 11. The normalized spacial score (nSPS) is 11.4. The standard InChI is InChI=1S/C38H43N5O3/c1-24(2)17-21-43-36-32(14-9-18-40-36)33(28-10-7-11-29(22-28)46-23-27-15-19-39-20-16-27)35(37(43)44)42-38(45)41-34-30(25(3)4)12-8-13-31(34)26(5)6/h7-16,18-20,22,24-26H,17,21,23H2,1-6H3,(H2,41,42,45). The molecule has 2 aromatic carbocycles. The molecule has 238 valence electrons. The second-order valence-electron chi connectivity index (χ2n) is 12.6. The number of carbonyl (C=O) groups is 1. The van der Waals surface area contributed by atoms with E-state index in [4.69, 9.17) is 4.74 Å². The third-order valence-corrected chi connectivity index (χ3v) is 8.08. The smallest absolute Gasteiger partial charge is 0.323 e. The van der Waals surface area contributed by atoms with Crippen molar-refractivity contribution in [3.8, 4) is 16.9 Å². The summed E-state index contributed by atoms with van der Waals surface area (Å²) in [7, 11) is 0. The van der Waals surface area contributed by atoms with Crippen molar-refractivity contribution in [2.75, 3.05) is 10.6 Å². The Labute approximate surface area is 270 Å². The molecule has 5 rings (SSSR count). The molecule has 5 aromatic rings. The Hall–Kier alpha value is -4.98. The number of pyridine rings is 3. The first kappa shape index (κ1) is 32.4. The molecule has 0 aliphatic heterocycles. The molecule has 0 atom stereocenters. The molecule has 2 N–H and O–H groups in total. The van der Waals surface area contributed by atoms with Crippen LogP contribution in [-0.2, 0) is 13.2 Å². The number of para-hydroxylation sites is 1. The molecule has 2 amide bonds. The van der Waals surface area contributed by atoms with Gasteiger partial charge in [0.15, 0.2) is 0 Å². The van der Waals surface area contributed by atoms with Gasteiger partial charge in [-0.05, 0) is 82.8 Å². The molecule has 46 heavy (non-hydrogen) atoms. The van der Waals surface area contributed by atoms with Crippen LogP contribution in [-0.4, -0.2) is 20.6 Å². The van der Waals surface area contributed by atoms with Gasteiger partial charge in [0.05, 0.1) is 0 Å². The van der Waals surface area contributed by atoms with Crippen molar-refractivity contribution in [1.29, 1.82) is 0 Å². The van der Waals surface area contributed by atoms with Gasteiger partial charge in [-0.25, -0.2) is 9.78 Å². The number of nitrogens with one attached hydrogen (secondary N) is 2. The maximum atomic E-state index is 14.4. The van der Waals surface area contributed by atoms with Gasteiger partial charge >= 0.3 is 6.03 Å². The van der Waals surface area contributed by atoms with E-state index in [1.165, 1.54) is 0 Å². The van der Waals surface area contributed by atoms with Gasteiger partial charge in [0.1, 0.15) is 23.7 Å². The molecule has 0 bridgehead atoms. The molecule has 0 aliphatic rings. The molecule has 0 aliphatic carbocycles. The lowest BCUT2D eigenvalue weighted by atomic mass is 9.93. The van der Waals surface area contributed by atoms with Crippen LogP contribution in [0.2, 0.25) is 0 Å². The van der Waals surface area contributed by atoms with E-state index < -0.39 is 6.03 Å². The van der Waals surface area contributed by atoms with Crippen LogP contribution in [0.3, 0.4) is 0 Å². The molecular formula is C38H43N5O3. The number of hydrogen-bond acceptors (Lipinski definition) is 5. The Morgan fingerprint density at radius 2 is 1.50 bits per heavy atom. The number of benzene rings is 2. The van der Waals surface area contributed by atoms with Crippen LogP contribution in [0.1, 0.15) is 76.5 Å². The Bertz CT molecular complexity index is 1850. The van der Waals surface area contributed by atoms with E-state index in [1.54, 1.807) is 23.2 Å². The lowest BCUT2D eigenvalue weighted by molar-refractivity contribution is 0.262. The van der Waals surface area contributed by atoms with Gasteiger partial charge in [-0.15, -0.1) is 0 Å². The van der Waals surface area contributed by atoms with E-state index in [-0.39, 0.29) is 23.1 Å². The fraction of sp³-hybridized carbons (Fsp3) is 0.316. The van der Waals surface area contributed by atoms with Crippen LogP contribution in [0.5, 0.6) is 5.75 Å². The summed E-state index contributed by atoms with van der Waals surface area (Å²) >= 11 is 0. The first-order valence-electron chi connectivity index (χ1n) is 16.0. The largest absolute Gasteiger partial charge is 0.489 e. The monoisotopic (exact) mass is 617 g/mol. The summed E-state index contributed by atoms with van der Waals surface area (Å²) < 4.78 is 7.81. The van der Waals surface area contributed by atoms with Crippen molar-refractivity contribution in [2.24, 2.45) is 5.92 Å². The Kier molecular flexibility index (Phi) is 10.2. The number of ether oxygens (including phenoxy) is 1. The highest BCUT2D eigenvalue weighted by Crippen LogP contribution is 2.36. The molecular weight excluding hydrogens is 574 g/mol. The number of carbonyl (C=O) groups excluding carboxylic acids is 1. The van der Waals surface area contributed by atoms with Gasteiger partial charge < -0.3 is 15.4 Å². The summed E-state index contributed by atoms with van der Waals surface area (Å²) in [6.07, 6.45) is 5.95. The number of aromatic nitrogens is 3. The zero-order valence-corrected chi connectivity index (χ0v) is 27.5. The van der Waals surface area contributed by atoms with Gasteiger partial charge in [-0.1, -0.05) is 71.9 Å². The number of anilines is 2. The second-order valence-corrected chi connectivity index (χ2v) is 12.6. The van der Waals surface area contributed by atoms with Crippen LogP contribution in [0.25, 0.3) is 22.2 Å². The van der Waals surface area contributed by atoms with Crippen molar-refractivity contribution >= 4 is 28.4 Å². The molecule has 0 unspecified atom stereocenters. The summed E-state index contributed by atoms with van der Waals surface area (Å²) in [5, 5.41) is 6.88. The predicted molar refractivity (Wildman–Crippen MR) is 187 cm³/mol. The molecule has 0 fully saturated rings. The topological polar surface area (TPSA) is 98.1 Å². The summed E-state index contributed by atoms with van der Waals surface area (Å²) in [4.78, 5) is 37.0. The highest BCUT2D eigenvalue weighted by molar-refractivity contribution is 6.07. The van der Waals surface area contributed by atoms with Crippen LogP contribution in [0, 0.1) is 5.92 Å².